The standard InChI is InChI=1S/C19H21FN4O2S2/c20-16-14-9-22-7-6-15(14)27-18(16)28(21,26)24-19(25)23-17-12-3-1-2-10(12)8-11-4-5-13(11)17/h8,22H,1-7,9H2,(H3,21,23,24,25,26). The first-order chi connectivity index (χ1) is 13.4. The lowest BCUT2D eigenvalue weighted by atomic mass is 9.83. The van der Waals surface area contributed by atoms with E-state index in [4.69, 9.17) is 5.14 Å². The summed E-state index contributed by atoms with van der Waals surface area (Å²) in [7, 11) is -3.64. The topological polar surface area (TPSA) is 96.6 Å². The molecule has 1 atom stereocenters. The minimum Gasteiger partial charge on any atom is -0.312 e. The first-order valence-electron chi connectivity index (χ1n) is 9.47. The summed E-state index contributed by atoms with van der Waals surface area (Å²) < 4.78 is 31.2. The molecule has 1 unspecified atom stereocenters. The highest BCUT2D eigenvalue weighted by Gasteiger charge is 2.29. The molecule has 2 aromatic rings. The Morgan fingerprint density at radius 1 is 1.18 bits per heavy atom. The molecule has 1 aromatic heterocycles. The number of urea groups is 1. The average Bonchev–Trinajstić information content (AvgIpc) is 3.22. The van der Waals surface area contributed by atoms with Gasteiger partial charge in [-0.2, -0.15) is 0 Å². The SMILES string of the molecule is NS(=O)(=NC(=O)Nc1c2c(cc3c1CC3)CCC2)c1sc2c(c1F)CNCC2. The highest BCUT2D eigenvalue weighted by molar-refractivity contribution is 7.93. The summed E-state index contributed by atoms with van der Waals surface area (Å²) in [5.41, 5.74) is 6.10. The lowest BCUT2D eigenvalue weighted by Gasteiger charge is -2.25. The van der Waals surface area contributed by atoms with Gasteiger partial charge in [0.05, 0.1) is 0 Å². The maximum Gasteiger partial charge on any atom is 0.354 e. The summed E-state index contributed by atoms with van der Waals surface area (Å²) in [5, 5.41) is 11.8. The molecule has 4 N–H and O–H groups in total. The number of thiophene rings is 1. The van der Waals surface area contributed by atoms with Gasteiger partial charge in [-0.25, -0.2) is 18.5 Å². The van der Waals surface area contributed by atoms with E-state index in [0.717, 1.165) is 71.7 Å². The Kier molecular flexibility index (Phi) is 4.31. The summed E-state index contributed by atoms with van der Waals surface area (Å²) in [5.74, 6) is -0.596. The molecule has 2 amide bonds. The van der Waals surface area contributed by atoms with E-state index in [9.17, 15) is 13.4 Å². The summed E-state index contributed by atoms with van der Waals surface area (Å²) in [6, 6.07) is 1.46. The molecule has 0 radical (unpaired) electrons. The number of benzene rings is 1. The lowest BCUT2D eigenvalue weighted by molar-refractivity contribution is 0.260. The number of nitrogens with two attached hydrogens (primary N) is 1. The number of nitrogens with one attached hydrogen (secondary N) is 2. The van der Waals surface area contributed by atoms with Gasteiger partial charge in [0.15, 0.2) is 19.9 Å². The minimum absolute atomic E-state index is 0.136. The molecule has 2 aliphatic carbocycles. The fourth-order valence-electron chi connectivity index (χ4n) is 4.33. The van der Waals surface area contributed by atoms with Gasteiger partial charge in [0.25, 0.3) is 0 Å². The second-order valence-electron chi connectivity index (χ2n) is 7.50. The van der Waals surface area contributed by atoms with E-state index in [1.807, 2.05) is 0 Å². The van der Waals surface area contributed by atoms with Crippen LogP contribution in [-0.2, 0) is 48.6 Å². The zero-order valence-electron chi connectivity index (χ0n) is 15.3. The third-order valence-electron chi connectivity index (χ3n) is 5.79. The molecule has 28 heavy (non-hydrogen) atoms. The molecule has 0 saturated heterocycles. The van der Waals surface area contributed by atoms with E-state index in [1.165, 1.54) is 11.1 Å². The van der Waals surface area contributed by atoms with E-state index in [1.54, 1.807) is 0 Å². The van der Waals surface area contributed by atoms with Crippen LogP contribution in [0.4, 0.5) is 14.9 Å². The molecule has 3 aliphatic rings. The fraction of sp³-hybridized carbons (Fsp3) is 0.421. The van der Waals surface area contributed by atoms with Crippen molar-refractivity contribution in [3.63, 3.8) is 0 Å². The quantitative estimate of drug-likeness (QED) is 0.697. The average molecular weight is 421 g/mol. The van der Waals surface area contributed by atoms with Crippen LogP contribution in [0.15, 0.2) is 14.6 Å². The predicted octanol–water partition coefficient (Wildman–Crippen LogP) is 3.05. The normalized spacial score (nSPS) is 19.1. The van der Waals surface area contributed by atoms with Crippen LogP contribution < -0.4 is 15.8 Å². The summed E-state index contributed by atoms with van der Waals surface area (Å²) in [4.78, 5) is 13.4. The van der Waals surface area contributed by atoms with Crippen molar-refractivity contribution < 1.29 is 13.4 Å². The van der Waals surface area contributed by atoms with Crippen molar-refractivity contribution in [1.82, 2.24) is 5.32 Å². The maximum atomic E-state index is 14.7. The number of carbonyl (C=O) groups excluding carboxylic acids is 1. The number of anilines is 1. The number of hydrogen-bond acceptors (Lipinski definition) is 4. The Balaban J connectivity index is 1.48. The van der Waals surface area contributed by atoms with Gasteiger partial charge in [0.2, 0.25) is 0 Å². The smallest absolute Gasteiger partial charge is 0.312 e. The number of rotatable bonds is 2. The van der Waals surface area contributed by atoms with E-state index in [-0.39, 0.29) is 4.21 Å². The van der Waals surface area contributed by atoms with Crippen molar-refractivity contribution in [2.24, 2.45) is 9.50 Å². The summed E-state index contributed by atoms with van der Waals surface area (Å²) in [6.07, 6.45) is 5.56. The van der Waals surface area contributed by atoms with Gasteiger partial charge in [-0.3, -0.25) is 0 Å². The molecule has 0 fully saturated rings. The minimum atomic E-state index is -3.64. The number of hydrogen-bond donors (Lipinski definition) is 3. The van der Waals surface area contributed by atoms with Gasteiger partial charge in [0.1, 0.15) is 0 Å². The van der Waals surface area contributed by atoms with Crippen LogP contribution in [0.1, 0.15) is 39.1 Å². The van der Waals surface area contributed by atoms with Crippen LogP contribution in [0.2, 0.25) is 0 Å². The number of amides is 2. The molecular weight excluding hydrogens is 399 g/mol. The Morgan fingerprint density at radius 3 is 2.71 bits per heavy atom. The van der Waals surface area contributed by atoms with E-state index in [2.05, 4.69) is 21.1 Å². The fourth-order valence-corrected chi connectivity index (χ4v) is 6.91. The molecule has 5 rings (SSSR count). The third kappa shape index (κ3) is 2.88. The van der Waals surface area contributed by atoms with Crippen LogP contribution >= 0.6 is 11.3 Å². The zero-order valence-corrected chi connectivity index (χ0v) is 16.9. The maximum absolute atomic E-state index is 14.7. The van der Waals surface area contributed by atoms with E-state index >= 15 is 0 Å². The first kappa shape index (κ1) is 18.2. The van der Waals surface area contributed by atoms with Crippen LogP contribution in [0.25, 0.3) is 0 Å². The van der Waals surface area contributed by atoms with Gasteiger partial charge in [-0.05, 0) is 60.8 Å². The number of aryl methyl sites for hydroxylation is 2. The molecule has 0 bridgehead atoms. The summed E-state index contributed by atoms with van der Waals surface area (Å²) >= 11 is 1.06. The first-order valence-corrected chi connectivity index (χ1v) is 11.9. The highest BCUT2D eigenvalue weighted by Crippen LogP contribution is 2.40. The van der Waals surface area contributed by atoms with Crippen LogP contribution in [0.3, 0.4) is 0 Å². The monoisotopic (exact) mass is 420 g/mol. The van der Waals surface area contributed by atoms with E-state index < -0.39 is 21.8 Å². The van der Waals surface area contributed by atoms with Crippen molar-refractivity contribution in [3.8, 4) is 0 Å². The van der Waals surface area contributed by atoms with Crippen LogP contribution in [0, 0.1) is 5.82 Å². The Morgan fingerprint density at radius 2 is 1.96 bits per heavy atom. The molecule has 6 nitrogen and oxygen atoms in total. The van der Waals surface area contributed by atoms with Crippen molar-refractivity contribution in [2.45, 2.75) is 49.3 Å². The van der Waals surface area contributed by atoms with Crippen molar-refractivity contribution in [2.75, 3.05) is 11.9 Å². The molecule has 0 spiro atoms. The zero-order chi connectivity index (χ0) is 19.5. The van der Waals surface area contributed by atoms with Crippen molar-refractivity contribution in [3.05, 3.63) is 44.6 Å². The molecule has 0 saturated carbocycles. The third-order valence-corrected chi connectivity index (χ3v) is 8.96. The molecule has 148 valence electrons. The van der Waals surface area contributed by atoms with Gasteiger partial charge in [0, 0.05) is 29.2 Å². The number of halogens is 1. The molecule has 2 heterocycles. The van der Waals surface area contributed by atoms with Gasteiger partial charge < -0.3 is 10.6 Å². The predicted molar refractivity (Wildman–Crippen MR) is 108 cm³/mol. The Bertz CT molecular complexity index is 1130. The molecular formula is C19H21FN4O2S2. The molecule has 1 aromatic carbocycles. The number of carbonyl (C=O) groups is 1. The Hall–Kier alpha value is -1.81. The van der Waals surface area contributed by atoms with Gasteiger partial charge >= 0.3 is 6.03 Å². The second-order valence-corrected chi connectivity index (χ2v) is 10.6. The van der Waals surface area contributed by atoms with Crippen molar-refractivity contribution >= 4 is 33.0 Å². The second kappa shape index (κ2) is 6.62. The Labute approximate surface area is 167 Å². The highest BCUT2D eigenvalue weighted by atomic mass is 32.2. The van der Waals surface area contributed by atoms with Crippen molar-refractivity contribution in [1.29, 1.82) is 0 Å². The summed E-state index contributed by atoms with van der Waals surface area (Å²) in [6.45, 7) is 1.11. The number of nitrogens with zero attached hydrogens (tertiary/aromatic N) is 1. The number of fused-ring (bicyclic) bond motifs is 3. The van der Waals surface area contributed by atoms with E-state index in [0.29, 0.717) is 18.5 Å². The lowest BCUT2D eigenvalue weighted by Crippen LogP contribution is -2.23. The molecule has 9 heteroatoms. The molecule has 1 aliphatic heterocycles. The van der Waals surface area contributed by atoms with Crippen LogP contribution in [0.5, 0.6) is 0 Å². The van der Waals surface area contributed by atoms with Gasteiger partial charge in [-0.1, -0.05) is 6.07 Å². The van der Waals surface area contributed by atoms with Crippen LogP contribution in [-0.4, -0.2) is 16.8 Å². The largest absolute Gasteiger partial charge is 0.354 e. The van der Waals surface area contributed by atoms with Gasteiger partial charge in [-0.15, -0.1) is 15.7 Å².